The molecule has 0 unspecified atom stereocenters. The summed E-state index contributed by atoms with van der Waals surface area (Å²) in [6, 6.07) is 15.1. The van der Waals surface area contributed by atoms with Gasteiger partial charge in [-0.1, -0.05) is 35.9 Å². The molecule has 0 aliphatic heterocycles. The molecular formula is C20H13ClF3N3O2S2. The lowest BCUT2D eigenvalue weighted by Gasteiger charge is -2.08. The van der Waals surface area contributed by atoms with Crippen molar-refractivity contribution in [1.29, 1.82) is 0 Å². The predicted molar refractivity (Wildman–Crippen MR) is 114 cm³/mol. The van der Waals surface area contributed by atoms with E-state index in [1.54, 1.807) is 47.8 Å². The maximum atomic E-state index is 13.4. The van der Waals surface area contributed by atoms with Crippen LogP contribution in [0.1, 0.15) is 5.69 Å². The van der Waals surface area contributed by atoms with Gasteiger partial charge < -0.3 is 0 Å². The summed E-state index contributed by atoms with van der Waals surface area (Å²) >= 11 is 7.39. The van der Waals surface area contributed by atoms with Crippen molar-refractivity contribution in [3.05, 3.63) is 76.8 Å². The Hall–Kier alpha value is -2.66. The highest BCUT2D eigenvalue weighted by molar-refractivity contribution is 7.89. The molecule has 0 spiro atoms. The third-order valence-corrected chi connectivity index (χ3v) is 6.61. The number of benzene rings is 2. The highest BCUT2D eigenvalue weighted by Crippen LogP contribution is 2.38. The summed E-state index contributed by atoms with van der Waals surface area (Å²) in [6.45, 7) is 0. The lowest BCUT2D eigenvalue weighted by atomic mass is 10.1. The average molecular weight is 484 g/mol. The summed E-state index contributed by atoms with van der Waals surface area (Å²) in [4.78, 5) is 0.442. The predicted octanol–water partition coefficient (Wildman–Crippen LogP) is 5.59. The average Bonchev–Trinajstić information content (AvgIpc) is 3.35. The van der Waals surface area contributed by atoms with Crippen molar-refractivity contribution in [1.82, 2.24) is 9.78 Å². The molecular weight excluding hydrogens is 471 g/mol. The summed E-state index contributed by atoms with van der Waals surface area (Å²) in [6.07, 6.45) is -4.63. The van der Waals surface area contributed by atoms with Crippen molar-refractivity contribution in [2.45, 2.75) is 11.1 Å². The molecule has 160 valence electrons. The molecule has 2 aromatic heterocycles. The van der Waals surface area contributed by atoms with Crippen molar-refractivity contribution >= 4 is 33.0 Å². The second kappa shape index (κ2) is 7.79. The lowest BCUT2D eigenvalue weighted by Crippen LogP contribution is -2.11. The van der Waals surface area contributed by atoms with Crippen LogP contribution in [0.15, 0.2) is 70.9 Å². The molecule has 0 radical (unpaired) electrons. The number of nitrogens with zero attached hydrogens (tertiary/aromatic N) is 2. The summed E-state index contributed by atoms with van der Waals surface area (Å²) in [5.41, 5.74) is 0.661. The van der Waals surface area contributed by atoms with Crippen molar-refractivity contribution in [2.75, 3.05) is 0 Å². The first-order valence-corrected chi connectivity index (χ1v) is 11.5. The normalized spacial score (nSPS) is 12.3. The van der Waals surface area contributed by atoms with Crippen molar-refractivity contribution in [3.63, 3.8) is 0 Å². The molecule has 0 atom stereocenters. The summed E-state index contributed by atoms with van der Waals surface area (Å²) in [5.74, 6) is 0. The van der Waals surface area contributed by atoms with Gasteiger partial charge in [-0.3, -0.25) is 0 Å². The zero-order valence-electron chi connectivity index (χ0n) is 15.5. The number of aromatic nitrogens is 2. The summed E-state index contributed by atoms with van der Waals surface area (Å²) in [7, 11) is -3.89. The van der Waals surface area contributed by atoms with Crippen LogP contribution in [0.3, 0.4) is 0 Å². The fourth-order valence-electron chi connectivity index (χ4n) is 2.98. The topological polar surface area (TPSA) is 78.0 Å². The number of para-hydroxylation sites is 1. The third-order valence-electron chi connectivity index (χ3n) is 4.43. The molecule has 5 nitrogen and oxygen atoms in total. The lowest BCUT2D eigenvalue weighted by molar-refractivity contribution is -0.141. The van der Waals surface area contributed by atoms with Gasteiger partial charge in [0, 0.05) is 0 Å². The molecule has 0 bridgehead atoms. The molecule has 4 aromatic rings. The van der Waals surface area contributed by atoms with E-state index in [2.05, 4.69) is 5.10 Å². The van der Waals surface area contributed by atoms with Crippen LogP contribution in [0, 0.1) is 0 Å². The highest BCUT2D eigenvalue weighted by Gasteiger charge is 2.35. The maximum absolute atomic E-state index is 13.4. The molecule has 0 aliphatic carbocycles. The number of hydrogen-bond acceptors (Lipinski definition) is 4. The molecule has 0 amide bonds. The molecule has 0 saturated heterocycles. The molecule has 2 N–H and O–H groups in total. The van der Waals surface area contributed by atoms with Crippen molar-refractivity contribution in [2.24, 2.45) is 5.14 Å². The van der Waals surface area contributed by atoms with E-state index in [1.165, 1.54) is 23.5 Å². The minimum absolute atomic E-state index is 0.0572. The Morgan fingerprint density at radius 1 is 1.00 bits per heavy atom. The number of rotatable bonds is 4. The van der Waals surface area contributed by atoms with Gasteiger partial charge in [-0.25, -0.2) is 18.2 Å². The molecule has 4 rings (SSSR count). The number of nitrogens with two attached hydrogens (primary N) is 1. The first kappa shape index (κ1) is 21.6. The fraction of sp³-hybridized carbons (Fsp3) is 0.0500. The molecule has 2 heterocycles. The SMILES string of the molecule is NS(=O)(=O)c1cccc(-c2csc(-c3cc(C(F)(F)F)nn3-c3ccccc3Cl)c2)c1. The molecule has 0 aliphatic rings. The zero-order chi connectivity index (χ0) is 22.4. The van der Waals surface area contributed by atoms with Crippen LogP contribution in [0.25, 0.3) is 27.4 Å². The van der Waals surface area contributed by atoms with E-state index < -0.39 is 21.9 Å². The van der Waals surface area contributed by atoms with Gasteiger partial charge in [0.15, 0.2) is 5.69 Å². The third kappa shape index (κ3) is 4.38. The second-order valence-corrected chi connectivity index (χ2v) is 9.43. The number of sulfonamides is 1. The number of primary sulfonamides is 1. The van der Waals surface area contributed by atoms with Gasteiger partial charge in [0.2, 0.25) is 10.0 Å². The van der Waals surface area contributed by atoms with E-state index in [0.717, 1.165) is 10.7 Å². The van der Waals surface area contributed by atoms with Gasteiger partial charge in [0.1, 0.15) is 0 Å². The first-order chi connectivity index (χ1) is 14.5. The summed E-state index contributed by atoms with van der Waals surface area (Å²) < 4.78 is 64.5. The smallest absolute Gasteiger partial charge is 0.230 e. The van der Waals surface area contributed by atoms with Crippen molar-refractivity contribution in [3.8, 4) is 27.4 Å². The minimum Gasteiger partial charge on any atom is -0.230 e. The van der Waals surface area contributed by atoms with Gasteiger partial charge in [-0.15, -0.1) is 11.3 Å². The Bertz CT molecular complexity index is 1380. The number of alkyl halides is 3. The van der Waals surface area contributed by atoms with Crippen LogP contribution in [0.4, 0.5) is 13.2 Å². The van der Waals surface area contributed by atoms with Crippen LogP contribution in [-0.2, 0) is 16.2 Å². The van der Waals surface area contributed by atoms with E-state index in [1.807, 2.05) is 0 Å². The number of thiophene rings is 1. The monoisotopic (exact) mass is 483 g/mol. The Morgan fingerprint density at radius 2 is 1.74 bits per heavy atom. The van der Waals surface area contributed by atoms with Crippen LogP contribution in [0.5, 0.6) is 0 Å². The van der Waals surface area contributed by atoms with Gasteiger partial charge in [0.25, 0.3) is 0 Å². The second-order valence-electron chi connectivity index (χ2n) is 6.55. The quantitative estimate of drug-likeness (QED) is 0.411. The van der Waals surface area contributed by atoms with Gasteiger partial charge >= 0.3 is 6.18 Å². The van der Waals surface area contributed by atoms with E-state index in [0.29, 0.717) is 21.7 Å². The van der Waals surface area contributed by atoms with Gasteiger partial charge in [-0.05, 0) is 52.9 Å². The zero-order valence-corrected chi connectivity index (χ0v) is 17.9. The first-order valence-electron chi connectivity index (χ1n) is 8.68. The largest absolute Gasteiger partial charge is 0.435 e. The molecule has 2 aromatic carbocycles. The fourth-order valence-corrected chi connectivity index (χ4v) is 4.67. The van der Waals surface area contributed by atoms with Crippen LogP contribution in [-0.4, -0.2) is 18.2 Å². The van der Waals surface area contributed by atoms with E-state index in [-0.39, 0.29) is 15.6 Å². The molecule has 0 fully saturated rings. The van der Waals surface area contributed by atoms with Crippen molar-refractivity contribution < 1.29 is 21.6 Å². The Labute approximate surface area is 184 Å². The van der Waals surface area contributed by atoms with E-state index >= 15 is 0 Å². The highest BCUT2D eigenvalue weighted by atomic mass is 35.5. The van der Waals surface area contributed by atoms with E-state index in [4.69, 9.17) is 16.7 Å². The number of hydrogen-bond donors (Lipinski definition) is 1. The van der Waals surface area contributed by atoms with E-state index in [9.17, 15) is 21.6 Å². The number of halogens is 4. The molecule has 31 heavy (non-hydrogen) atoms. The van der Waals surface area contributed by atoms with Crippen LogP contribution < -0.4 is 5.14 Å². The van der Waals surface area contributed by atoms with Gasteiger partial charge in [0.05, 0.1) is 26.2 Å². The minimum atomic E-state index is -4.63. The Morgan fingerprint density at radius 3 is 2.42 bits per heavy atom. The Balaban J connectivity index is 1.84. The maximum Gasteiger partial charge on any atom is 0.435 e. The van der Waals surface area contributed by atoms with Gasteiger partial charge in [-0.2, -0.15) is 18.3 Å². The summed E-state index contributed by atoms with van der Waals surface area (Å²) in [5, 5.41) is 10.9. The molecule has 0 saturated carbocycles. The Kier molecular flexibility index (Phi) is 5.42. The van der Waals surface area contributed by atoms with Crippen LogP contribution >= 0.6 is 22.9 Å². The van der Waals surface area contributed by atoms with Crippen LogP contribution in [0.2, 0.25) is 5.02 Å². The molecule has 11 heteroatoms. The standard InChI is InChI=1S/C20H13ClF3N3O2S2/c21-15-6-1-2-7-16(15)27-17(10-19(26-27)20(22,23)24)18-9-13(11-30-18)12-4-3-5-14(8-12)31(25,28)29/h1-11H,(H2,25,28,29).